The van der Waals surface area contributed by atoms with Crippen molar-refractivity contribution in [3.8, 4) is 0 Å². The number of hydrazone groups is 1. The molecule has 0 radical (unpaired) electrons. The average Bonchev–Trinajstić information content (AvgIpc) is 3.07. The van der Waals surface area contributed by atoms with Gasteiger partial charge in [0.2, 0.25) is 0 Å². The number of rotatable bonds is 5. The van der Waals surface area contributed by atoms with E-state index in [1.54, 1.807) is 12.3 Å². The van der Waals surface area contributed by atoms with E-state index in [1.807, 2.05) is 12.1 Å². The van der Waals surface area contributed by atoms with Gasteiger partial charge in [0.25, 0.3) is 0 Å². The SMILES string of the molecule is CC(C)=CCCC1=CC[C@@H](C=NN2C(=O)N=C3C(=Nc4ccc(Br)cc43)C2=O)[C@@H](C)C1. The van der Waals surface area contributed by atoms with Crippen LogP contribution < -0.4 is 0 Å². The van der Waals surface area contributed by atoms with Gasteiger partial charge in [-0.1, -0.05) is 46.2 Å². The average molecular weight is 481 g/mol. The lowest BCUT2D eigenvalue weighted by Crippen LogP contribution is -2.43. The largest absolute Gasteiger partial charge is 0.372 e. The minimum absolute atomic E-state index is 0.169. The fourth-order valence-corrected chi connectivity index (χ4v) is 4.45. The molecule has 1 aromatic carbocycles. The van der Waals surface area contributed by atoms with Gasteiger partial charge in [-0.05, 0) is 63.6 Å². The fraction of sp³-hybridized carbons (Fsp3) is 0.375. The highest BCUT2D eigenvalue weighted by atomic mass is 79.9. The van der Waals surface area contributed by atoms with Gasteiger partial charge < -0.3 is 0 Å². The molecular weight excluding hydrogens is 456 g/mol. The molecule has 2 aliphatic heterocycles. The van der Waals surface area contributed by atoms with Crippen molar-refractivity contribution < 1.29 is 9.59 Å². The van der Waals surface area contributed by atoms with Crippen LogP contribution in [0.3, 0.4) is 0 Å². The van der Waals surface area contributed by atoms with E-state index < -0.39 is 11.9 Å². The number of benzene rings is 1. The molecule has 3 amide bonds. The van der Waals surface area contributed by atoms with Gasteiger partial charge >= 0.3 is 11.9 Å². The third-order valence-corrected chi connectivity index (χ3v) is 6.33. The number of carbonyl (C=O) groups is 2. The molecule has 0 saturated carbocycles. The Kier molecular flexibility index (Phi) is 6.14. The molecule has 160 valence electrons. The lowest BCUT2D eigenvalue weighted by atomic mass is 9.80. The molecule has 0 saturated heterocycles. The molecule has 6 nitrogen and oxygen atoms in total. The van der Waals surface area contributed by atoms with Crippen molar-refractivity contribution in [1.82, 2.24) is 5.01 Å². The molecule has 0 aromatic heterocycles. The van der Waals surface area contributed by atoms with Crippen LogP contribution in [0.1, 0.15) is 52.0 Å². The van der Waals surface area contributed by atoms with Gasteiger partial charge in [-0.25, -0.2) is 9.79 Å². The lowest BCUT2D eigenvalue weighted by molar-refractivity contribution is -0.121. The highest BCUT2D eigenvalue weighted by molar-refractivity contribution is 9.10. The van der Waals surface area contributed by atoms with Crippen molar-refractivity contribution in [2.45, 2.75) is 46.5 Å². The quantitative estimate of drug-likeness (QED) is 0.383. The second-order valence-corrected chi connectivity index (χ2v) is 9.43. The van der Waals surface area contributed by atoms with Gasteiger partial charge in [0, 0.05) is 22.2 Å². The van der Waals surface area contributed by atoms with E-state index in [9.17, 15) is 9.59 Å². The van der Waals surface area contributed by atoms with Crippen LogP contribution in [0.4, 0.5) is 10.5 Å². The maximum Gasteiger partial charge on any atom is 0.372 e. The summed E-state index contributed by atoms with van der Waals surface area (Å²) < 4.78 is 0.838. The van der Waals surface area contributed by atoms with Gasteiger partial charge in [-0.3, -0.25) is 4.79 Å². The summed E-state index contributed by atoms with van der Waals surface area (Å²) in [6, 6.07) is 4.78. The van der Waals surface area contributed by atoms with Crippen LogP contribution in [-0.4, -0.2) is 34.6 Å². The van der Waals surface area contributed by atoms with Crippen LogP contribution in [-0.2, 0) is 4.79 Å². The molecule has 1 aromatic rings. The summed E-state index contributed by atoms with van der Waals surface area (Å²) in [4.78, 5) is 33.9. The maximum absolute atomic E-state index is 12.9. The first-order chi connectivity index (χ1) is 14.8. The first-order valence-electron chi connectivity index (χ1n) is 10.5. The Morgan fingerprint density at radius 2 is 2.06 bits per heavy atom. The first-order valence-corrected chi connectivity index (χ1v) is 11.3. The molecule has 0 unspecified atom stereocenters. The maximum atomic E-state index is 12.9. The lowest BCUT2D eigenvalue weighted by Gasteiger charge is -2.26. The van der Waals surface area contributed by atoms with Gasteiger partial charge in [-0.2, -0.15) is 10.1 Å². The monoisotopic (exact) mass is 480 g/mol. The molecule has 2 atom stereocenters. The standard InChI is InChI=1S/C24H25BrN4O2/c1-14(2)5-4-6-16-7-8-17(15(3)11-16)13-26-29-23(30)22-21(28-24(29)31)19-12-18(25)9-10-20(19)27-22/h5,7,9-10,12-13,15,17H,4,6,8,11H2,1-3H3/t15-,17-/m0/s1. The Balaban J connectivity index is 1.47. The van der Waals surface area contributed by atoms with Gasteiger partial charge in [0.15, 0.2) is 5.71 Å². The van der Waals surface area contributed by atoms with E-state index in [4.69, 9.17) is 0 Å². The predicted molar refractivity (Wildman–Crippen MR) is 127 cm³/mol. The molecule has 0 N–H and O–H groups in total. The van der Waals surface area contributed by atoms with E-state index in [0.29, 0.717) is 22.9 Å². The van der Waals surface area contributed by atoms with Crippen LogP contribution in [0.15, 0.2) is 61.1 Å². The minimum atomic E-state index is -0.676. The molecule has 3 aliphatic rings. The number of hydrogen-bond acceptors (Lipinski definition) is 4. The van der Waals surface area contributed by atoms with Crippen molar-refractivity contribution >= 4 is 51.2 Å². The van der Waals surface area contributed by atoms with E-state index in [0.717, 1.165) is 35.2 Å². The van der Waals surface area contributed by atoms with E-state index in [1.165, 1.54) is 11.1 Å². The van der Waals surface area contributed by atoms with Crippen LogP contribution in [0.25, 0.3) is 0 Å². The van der Waals surface area contributed by atoms with Crippen LogP contribution >= 0.6 is 15.9 Å². The van der Waals surface area contributed by atoms with Crippen molar-refractivity contribution in [3.63, 3.8) is 0 Å². The van der Waals surface area contributed by atoms with Crippen molar-refractivity contribution in [2.75, 3.05) is 0 Å². The molecule has 2 heterocycles. The van der Waals surface area contributed by atoms with Crippen molar-refractivity contribution in [3.05, 3.63) is 51.5 Å². The van der Waals surface area contributed by atoms with Crippen LogP contribution in [0, 0.1) is 11.8 Å². The second-order valence-electron chi connectivity index (χ2n) is 8.51. The molecule has 1 aliphatic carbocycles. The molecule has 0 bridgehead atoms. The number of halogens is 1. The van der Waals surface area contributed by atoms with E-state index in [-0.39, 0.29) is 11.6 Å². The summed E-state index contributed by atoms with van der Waals surface area (Å²) in [6.07, 6.45) is 10.3. The number of nitrogens with zero attached hydrogens (tertiary/aromatic N) is 4. The van der Waals surface area contributed by atoms with Crippen LogP contribution in [0.5, 0.6) is 0 Å². The number of fused-ring (bicyclic) bond motifs is 3. The summed E-state index contributed by atoms with van der Waals surface area (Å²) in [5, 5.41) is 5.08. The predicted octanol–water partition coefficient (Wildman–Crippen LogP) is 5.99. The molecule has 31 heavy (non-hydrogen) atoms. The Hall–Kier alpha value is -2.67. The second kappa shape index (κ2) is 8.83. The Bertz CT molecular complexity index is 1090. The van der Waals surface area contributed by atoms with Gasteiger partial charge in [0.05, 0.1) is 5.69 Å². The number of imide groups is 1. The van der Waals surface area contributed by atoms with E-state index in [2.05, 4.69) is 63.9 Å². The summed E-state index contributed by atoms with van der Waals surface area (Å²) in [7, 11) is 0. The molecule has 4 rings (SSSR count). The summed E-state index contributed by atoms with van der Waals surface area (Å²) in [6.45, 7) is 6.43. The number of allylic oxidation sites excluding steroid dienone is 4. The molecule has 0 spiro atoms. The van der Waals surface area contributed by atoms with Crippen molar-refractivity contribution in [2.24, 2.45) is 26.9 Å². The van der Waals surface area contributed by atoms with Gasteiger partial charge in [-0.15, -0.1) is 5.01 Å². The number of aliphatic imine (C=N–C) groups is 2. The number of amides is 3. The van der Waals surface area contributed by atoms with E-state index >= 15 is 0 Å². The zero-order chi connectivity index (χ0) is 22.1. The van der Waals surface area contributed by atoms with Crippen molar-refractivity contribution in [1.29, 1.82) is 0 Å². The highest BCUT2D eigenvalue weighted by Crippen LogP contribution is 2.33. The number of carbonyl (C=O) groups excluding carboxylic acids is 2. The third kappa shape index (κ3) is 4.51. The zero-order valence-corrected chi connectivity index (χ0v) is 19.5. The first kappa shape index (κ1) is 21.6. The number of urea groups is 1. The molecule has 7 heteroatoms. The normalized spacial score (nSPS) is 22.7. The Morgan fingerprint density at radius 1 is 1.26 bits per heavy atom. The van der Waals surface area contributed by atoms with Crippen LogP contribution in [0.2, 0.25) is 0 Å². The minimum Gasteiger partial charge on any atom is -0.265 e. The smallest absolute Gasteiger partial charge is 0.265 e. The fourth-order valence-electron chi connectivity index (χ4n) is 4.08. The molecule has 0 fully saturated rings. The highest BCUT2D eigenvalue weighted by Gasteiger charge is 2.39. The number of hydrogen-bond donors (Lipinski definition) is 0. The zero-order valence-electron chi connectivity index (χ0n) is 17.9. The topological polar surface area (TPSA) is 74.5 Å². The molecular formula is C24H25BrN4O2. The Labute approximate surface area is 190 Å². The summed E-state index contributed by atoms with van der Waals surface area (Å²) >= 11 is 3.41. The Morgan fingerprint density at radius 3 is 2.81 bits per heavy atom. The summed E-state index contributed by atoms with van der Waals surface area (Å²) in [5.74, 6) is 0.0479. The third-order valence-electron chi connectivity index (χ3n) is 5.84. The van der Waals surface area contributed by atoms with Gasteiger partial charge in [0.1, 0.15) is 5.71 Å². The summed E-state index contributed by atoms with van der Waals surface area (Å²) in [5.41, 5.74) is 4.63.